The van der Waals surface area contributed by atoms with E-state index in [9.17, 15) is 17.6 Å². The summed E-state index contributed by atoms with van der Waals surface area (Å²) < 4.78 is 40.9. The molecule has 1 heterocycles. The molecule has 0 aromatic heterocycles. The van der Waals surface area contributed by atoms with Gasteiger partial charge in [0, 0.05) is 35.6 Å². The Labute approximate surface area is 120 Å². The van der Waals surface area contributed by atoms with Crippen LogP contribution in [0, 0.1) is 11.7 Å². The van der Waals surface area contributed by atoms with Crippen LogP contribution in [0.15, 0.2) is 18.2 Å². The maximum Gasteiger partial charge on any atom is 0.232 e. The van der Waals surface area contributed by atoms with Crippen molar-refractivity contribution in [1.82, 2.24) is 0 Å². The van der Waals surface area contributed by atoms with E-state index in [2.05, 4.69) is 0 Å². The minimum Gasteiger partial charge on any atom is -0.497 e. The van der Waals surface area contributed by atoms with Crippen molar-refractivity contribution in [2.24, 2.45) is 5.92 Å². The third kappa shape index (κ3) is 3.40. The summed E-state index contributed by atoms with van der Waals surface area (Å²) in [4.78, 5) is 13.1. The lowest BCUT2D eigenvalue weighted by molar-refractivity contribution is -0.117. The molecule has 110 valence electrons. The van der Waals surface area contributed by atoms with Gasteiger partial charge >= 0.3 is 0 Å². The Hall–Kier alpha value is -1.34. The number of halogens is 2. The Balaban J connectivity index is 2.20. The number of nitrogens with zero attached hydrogens (tertiary/aromatic N) is 1. The Morgan fingerprint density at radius 2 is 2.20 bits per heavy atom. The molecule has 1 atom stereocenters. The summed E-state index contributed by atoms with van der Waals surface area (Å²) in [6.07, 6.45) is 0.0391. The SMILES string of the molecule is COc1ccc(N2CC(CS(=O)(=O)Cl)CC2=O)c(F)c1. The zero-order valence-corrected chi connectivity index (χ0v) is 12.2. The van der Waals surface area contributed by atoms with Crippen molar-refractivity contribution < 1.29 is 22.3 Å². The molecule has 1 fully saturated rings. The van der Waals surface area contributed by atoms with E-state index in [4.69, 9.17) is 15.4 Å². The number of amides is 1. The first-order valence-corrected chi connectivity index (χ1v) is 8.34. The molecular formula is C12H13ClFNO4S. The summed E-state index contributed by atoms with van der Waals surface area (Å²) in [5.41, 5.74) is 0.116. The van der Waals surface area contributed by atoms with Crippen LogP contribution in [0.1, 0.15) is 6.42 Å². The second kappa shape index (κ2) is 5.57. The van der Waals surface area contributed by atoms with Crippen LogP contribution in [0.2, 0.25) is 0 Å². The zero-order valence-electron chi connectivity index (χ0n) is 10.7. The van der Waals surface area contributed by atoms with Crippen molar-refractivity contribution in [2.75, 3.05) is 24.3 Å². The van der Waals surface area contributed by atoms with Crippen LogP contribution in [-0.4, -0.2) is 33.7 Å². The highest BCUT2D eigenvalue weighted by atomic mass is 35.7. The molecule has 5 nitrogen and oxygen atoms in total. The molecule has 1 aliphatic rings. The lowest BCUT2D eigenvalue weighted by Gasteiger charge is -2.17. The number of carbonyl (C=O) groups excluding carboxylic acids is 1. The number of methoxy groups -OCH3 is 1. The minimum atomic E-state index is -3.68. The predicted octanol–water partition coefficient (Wildman–Crippen LogP) is 1.76. The fraction of sp³-hybridized carbons (Fsp3) is 0.417. The number of ether oxygens (including phenoxy) is 1. The van der Waals surface area contributed by atoms with Gasteiger partial charge in [-0.1, -0.05) is 0 Å². The zero-order chi connectivity index (χ0) is 14.9. The van der Waals surface area contributed by atoms with E-state index in [0.717, 1.165) is 0 Å². The fourth-order valence-electron chi connectivity index (χ4n) is 2.24. The Morgan fingerprint density at radius 3 is 2.75 bits per heavy atom. The average Bonchev–Trinajstić information content (AvgIpc) is 2.67. The fourth-order valence-corrected chi connectivity index (χ4v) is 3.56. The quantitative estimate of drug-likeness (QED) is 0.793. The molecule has 0 saturated carbocycles. The van der Waals surface area contributed by atoms with E-state index in [1.807, 2.05) is 0 Å². The molecule has 0 aliphatic carbocycles. The molecule has 20 heavy (non-hydrogen) atoms. The minimum absolute atomic E-state index is 0.0391. The van der Waals surface area contributed by atoms with Crippen molar-refractivity contribution in [3.8, 4) is 5.75 Å². The normalized spacial score (nSPS) is 19.4. The highest BCUT2D eigenvalue weighted by molar-refractivity contribution is 8.13. The van der Waals surface area contributed by atoms with E-state index < -0.39 is 20.8 Å². The highest BCUT2D eigenvalue weighted by Crippen LogP contribution is 2.30. The molecule has 8 heteroatoms. The Kier molecular flexibility index (Phi) is 4.19. The summed E-state index contributed by atoms with van der Waals surface area (Å²) in [7, 11) is 2.91. The van der Waals surface area contributed by atoms with Gasteiger partial charge in [0.1, 0.15) is 5.75 Å². The van der Waals surface area contributed by atoms with Gasteiger partial charge in [0.2, 0.25) is 15.0 Å². The average molecular weight is 322 g/mol. The van der Waals surface area contributed by atoms with E-state index in [0.29, 0.717) is 5.75 Å². The smallest absolute Gasteiger partial charge is 0.232 e. The van der Waals surface area contributed by atoms with Crippen molar-refractivity contribution in [3.05, 3.63) is 24.0 Å². The lowest BCUT2D eigenvalue weighted by atomic mass is 10.1. The number of rotatable bonds is 4. The molecule has 0 bridgehead atoms. The number of hydrogen-bond acceptors (Lipinski definition) is 4. The van der Waals surface area contributed by atoms with Crippen LogP contribution in [0.25, 0.3) is 0 Å². The van der Waals surface area contributed by atoms with Gasteiger partial charge in [-0.05, 0) is 12.1 Å². The number of hydrogen-bond donors (Lipinski definition) is 0. The first-order chi connectivity index (χ1) is 9.30. The van der Waals surface area contributed by atoms with Crippen molar-refractivity contribution >= 4 is 31.3 Å². The molecule has 1 aliphatic heterocycles. The molecule has 1 amide bonds. The van der Waals surface area contributed by atoms with Crippen LogP contribution in [0.3, 0.4) is 0 Å². The summed E-state index contributed by atoms with van der Waals surface area (Å²) in [5, 5.41) is 0. The first kappa shape index (κ1) is 15.1. The molecule has 1 saturated heterocycles. The monoisotopic (exact) mass is 321 g/mol. The molecule has 1 unspecified atom stereocenters. The summed E-state index contributed by atoms with van der Waals surface area (Å²) in [6, 6.07) is 4.15. The van der Waals surface area contributed by atoms with Crippen LogP contribution in [-0.2, 0) is 13.8 Å². The van der Waals surface area contributed by atoms with E-state index >= 15 is 0 Å². The van der Waals surface area contributed by atoms with Crippen molar-refractivity contribution in [3.63, 3.8) is 0 Å². The van der Waals surface area contributed by atoms with Crippen LogP contribution >= 0.6 is 10.7 Å². The van der Waals surface area contributed by atoms with Gasteiger partial charge < -0.3 is 9.64 Å². The molecule has 1 aromatic carbocycles. The van der Waals surface area contributed by atoms with E-state index in [1.165, 1.54) is 30.2 Å². The van der Waals surface area contributed by atoms with Gasteiger partial charge in [-0.25, -0.2) is 12.8 Å². The van der Waals surface area contributed by atoms with Crippen LogP contribution < -0.4 is 9.64 Å². The van der Waals surface area contributed by atoms with E-state index in [-0.39, 0.29) is 30.3 Å². The van der Waals surface area contributed by atoms with Gasteiger partial charge in [0.25, 0.3) is 0 Å². The molecule has 0 N–H and O–H groups in total. The largest absolute Gasteiger partial charge is 0.497 e. The van der Waals surface area contributed by atoms with Gasteiger partial charge in [0.15, 0.2) is 5.82 Å². The summed E-state index contributed by atoms with van der Waals surface area (Å²) in [6.45, 7) is 0.133. The maximum atomic E-state index is 13.9. The van der Waals surface area contributed by atoms with Gasteiger partial charge in [-0.15, -0.1) is 0 Å². The Morgan fingerprint density at radius 1 is 1.50 bits per heavy atom. The van der Waals surface area contributed by atoms with Crippen LogP contribution in [0.5, 0.6) is 5.75 Å². The summed E-state index contributed by atoms with van der Waals surface area (Å²) >= 11 is 0. The number of anilines is 1. The Bertz CT molecular complexity index is 634. The van der Waals surface area contributed by atoms with Gasteiger partial charge in [-0.3, -0.25) is 4.79 Å². The van der Waals surface area contributed by atoms with E-state index in [1.54, 1.807) is 0 Å². The second-order valence-corrected chi connectivity index (χ2v) is 7.42. The maximum absolute atomic E-state index is 13.9. The van der Waals surface area contributed by atoms with Gasteiger partial charge in [-0.2, -0.15) is 0 Å². The number of benzene rings is 1. The third-order valence-electron chi connectivity index (χ3n) is 3.09. The topological polar surface area (TPSA) is 63.7 Å². The molecular weight excluding hydrogens is 309 g/mol. The molecule has 0 spiro atoms. The number of carbonyl (C=O) groups is 1. The van der Waals surface area contributed by atoms with Crippen molar-refractivity contribution in [1.29, 1.82) is 0 Å². The van der Waals surface area contributed by atoms with Gasteiger partial charge in [0.05, 0.1) is 18.6 Å². The second-order valence-electron chi connectivity index (χ2n) is 4.60. The standard InChI is InChI=1S/C12H13ClFNO4S/c1-19-9-2-3-11(10(14)5-9)15-6-8(4-12(15)16)7-20(13,17)18/h2-3,5,8H,4,6-7H2,1H3. The summed E-state index contributed by atoms with van der Waals surface area (Å²) in [5.74, 6) is -1.29. The molecule has 2 rings (SSSR count). The van der Waals surface area contributed by atoms with Crippen molar-refractivity contribution in [2.45, 2.75) is 6.42 Å². The third-order valence-corrected chi connectivity index (χ3v) is 4.33. The highest BCUT2D eigenvalue weighted by Gasteiger charge is 2.34. The predicted molar refractivity (Wildman–Crippen MR) is 73.1 cm³/mol. The van der Waals surface area contributed by atoms with Crippen LogP contribution in [0.4, 0.5) is 10.1 Å². The first-order valence-electron chi connectivity index (χ1n) is 5.86. The molecule has 1 aromatic rings. The lowest BCUT2D eigenvalue weighted by Crippen LogP contribution is -2.26. The molecule has 0 radical (unpaired) electrons.